The predicted molar refractivity (Wildman–Crippen MR) is 113 cm³/mol. The average molecular weight is 412 g/mol. The molecule has 158 valence electrons. The number of amides is 2. The minimum Gasteiger partial charge on any atom is -0.495 e. The normalized spacial score (nSPS) is 15.3. The molecule has 1 atom stereocenters. The third-order valence-corrected chi connectivity index (χ3v) is 5.25. The number of benzene rings is 2. The first-order valence-corrected chi connectivity index (χ1v) is 10.0. The van der Waals surface area contributed by atoms with Crippen LogP contribution in [0, 0.1) is 0 Å². The molecule has 1 aromatic heterocycles. The van der Waals surface area contributed by atoms with Crippen molar-refractivity contribution in [3.8, 4) is 5.75 Å². The van der Waals surface area contributed by atoms with Crippen molar-refractivity contribution in [1.29, 1.82) is 0 Å². The molecule has 1 unspecified atom stereocenters. The fraction of sp³-hybridized carbons (Fsp3) is 0.364. The molecule has 0 bridgehead atoms. The van der Waals surface area contributed by atoms with Crippen LogP contribution in [0.1, 0.15) is 0 Å². The number of rotatable bonds is 6. The van der Waals surface area contributed by atoms with Gasteiger partial charge in [0.15, 0.2) is 13.1 Å². The van der Waals surface area contributed by atoms with E-state index in [0.717, 1.165) is 21.3 Å². The second-order valence-electron chi connectivity index (χ2n) is 7.50. The Balaban J connectivity index is 1.44. The van der Waals surface area contributed by atoms with Gasteiger partial charge in [0.25, 0.3) is 11.8 Å². The quantitative estimate of drug-likeness (QED) is 0.629. The van der Waals surface area contributed by atoms with E-state index in [1.165, 1.54) is 0 Å². The van der Waals surface area contributed by atoms with E-state index >= 15 is 0 Å². The number of quaternary nitrogens is 1. The number of carbonyl (C=O) groups excluding carboxylic acids is 2. The van der Waals surface area contributed by atoms with Crippen molar-refractivity contribution in [2.75, 3.05) is 58.9 Å². The highest BCUT2D eigenvalue weighted by Crippen LogP contribution is 2.36. The van der Waals surface area contributed by atoms with E-state index in [2.05, 4.69) is 5.32 Å². The molecule has 0 saturated carbocycles. The number of morpholine rings is 1. The van der Waals surface area contributed by atoms with Crippen LogP contribution in [0.2, 0.25) is 0 Å². The molecule has 1 aliphatic rings. The number of nitrogens with one attached hydrogen (secondary N) is 2. The first-order valence-electron chi connectivity index (χ1n) is 10.0. The third kappa shape index (κ3) is 4.24. The summed E-state index contributed by atoms with van der Waals surface area (Å²) in [4.78, 5) is 27.6. The molecular formula is C22H26N3O5+. The van der Waals surface area contributed by atoms with Gasteiger partial charge in [-0.1, -0.05) is 18.2 Å². The number of methoxy groups -OCH3 is 1. The minimum atomic E-state index is -0.198. The molecule has 8 heteroatoms. The zero-order valence-corrected chi connectivity index (χ0v) is 17.2. The molecular weight excluding hydrogens is 386 g/mol. The molecule has 0 radical (unpaired) electrons. The van der Waals surface area contributed by atoms with Crippen LogP contribution in [0.3, 0.4) is 0 Å². The summed E-state index contributed by atoms with van der Waals surface area (Å²) in [5.74, 6) is 0.394. The topological polar surface area (TPSA) is 85.5 Å². The number of anilines is 1. The summed E-state index contributed by atoms with van der Waals surface area (Å²) in [7, 11) is 3.40. The van der Waals surface area contributed by atoms with E-state index in [9.17, 15) is 9.59 Å². The Morgan fingerprint density at radius 1 is 1.10 bits per heavy atom. The molecule has 2 aromatic carbocycles. The molecule has 1 fully saturated rings. The van der Waals surface area contributed by atoms with Crippen molar-refractivity contribution < 1.29 is 28.4 Å². The lowest BCUT2D eigenvalue weighted by molar-refractivity contribution is -0.862. The summed E-state index contributed by atoms with van der Waals surface area (Å²) in [6, 6.07) is 11.4. The lowest BCUT2D eigenvalue weighted by Crippen LogP contribution is -3.11. The van der Waals surface area contributed by atoms with Crippen LogP contribution in [-0.4, -0.2) is 70.3 Å². The van der Waals surface area contributed by atoms with Crippen molar-refractivity contribution >= 4 is 39.4 Å². The molecule has 2 heterocycles. The maximum Gasteiger partial charge on any atom is 0.279 e. The van der Waals surface area contributed by atoms with Crippen molar-refractivity contribution in [2.45, 2.75) is 0 Å². The Kier molecular flexibility index (Phi) is 5.87. The predicted octanol–water partition coefficient (Wildman–Crippen LogP) is 0.907. The fourth-order valence-electron chi connectivity index (χ4n) is 3.73. The third-order valence-electron chi connectivity index (χ3n) is 5.25. The van der Waals surface area contributed by atoms with Gasteiger partial charge < -0.3 is 29.0 Å². The highest BCUT2D eigenvalue weighted by Gasteiger charge is 2.22. The minimum absolute atomic E-state index is 0.0323. The average Bonchev–Trinajstić information content (AvgIpc) is 3.10. The van der Waals surface area contributed by atoms with Gasteiger partial charge in [-0.05, 0) is 12.1 Å². The van der Waals surface area contributed by atoms with Gasteiger partial charge in [0.05, 0.1) is 33.1 Å². The Labute approximate surface area is 174 Å². The summed E-state index contributed by atoms with van der Waals surface area (Å²) in [6.45, 7) is 2.76. The van der Waals surface area contributed by atoms with Gasteiger partial charge in [-0.3, -0.25) is 9.59 Å². The summed E-state index contributed by atoms with van der Waals surface area (Å²) in [5, 5.41) is 4.82. The summed E-state index contributed by atoms with van der Waals surface area (Å²) < 4.78 is 16.7. The molecule has 1 aliphatic heterocycles. The van der Waals surface area contributed by atoms with Gasteiger partial charge >= 0.3 is 0 Å². The van der Waals surface area contributed by atoms with Crippen LogP contribution >= 0.6 is 0 Å². The van der Waals surface area contributed by atoms with Gasteiger partial charge in [0, 0.05) is 29.9 Å². The molecule has 8 nitrogen and oxygen atoms in total. The van der Waals surface area contributed by atoms with E-state index in [-0.39, 0.29) is 24.9 Å². The molecule has 3 aromatic rings. The smallest absolute Gasteiger partial charge is 0.279 e. The van der Waals surface area contributed by atoms with Gasteiger partial charge in [0.1, 0.15) is 16.9 Å². The van der Waals surface area contributed by atoms with Crippen molar-refractivity contribution in [1.82, 2.24) is 4.90 Å². The van der Waals surface area contributed by atoms with Crippen LogP contribution in [0.5, 0.6) is 5.75 Å². The van der Waals surface area contributed by atoms with E-state index in [4.69, 9.17) is 13.9 Å². The number of likely N-dealkylation sites (N-methyl/N-ethyl adjacent to an activating group) is 1. The Morgan fingerprint density at radius 3 is 2.63 bits per heavy atom. The van der Waals surface area contributed by atoms with Gasteiger partial charge in [-0.2, -0.15) is 0 Å². The molecule has 2 N–H and O–H groups in total. The van der Waals surface area contributed by atoms with Crippen LogP contribution in [-0.2, 0) is 14.3 Å². The summed E-state index contributed by atoms with van der Waals surface area (Å²) in [5.41, 5.74) is 2.00. The second-order valence-corrected chi connectivity index (χ2v) is 7.50. The maximum atomic E-state index is 12.6. The maximum absolute atomic E-state index is 12.6. The number of nitrogens with zero attached hydrogens (tertiary/aromatic N) is 1. The van der Waals surface area contributed by atoms with Crippen LogP contribution in [0.4, 0.5) is 5.69 Å². The van der Waals surface area contributed by atoms with Gasteiger partial charge in [0.2, 0.25) is 0 Å². The largest absolute Gasteiger partial charge is 0.495 e. The Hall–Kier alpha value is -3.10. The highest BCUT2D eigenvalue weighted by molar-refractivity contribution is 6.07. The van der Waals surface area contributed by atoms with Crippen molar-refractivity contribution in [2.24, 2.45) is 0 Å². The van der Waals surface area contributed by atoms with E-state index in [1.54, 1.807) is 18.1 Å². The lowest BCUT2D eigenvalue weighted by Gasteiger charge is -2.27. The van der Waals surface area contributed by atoms with Crippen molar-refractivity contribution in [3.63, 3.8) is 0 Å². The number of hydrogen-bond acceptors (Lipinski definition) is 5. The fourth-order valence-corrected chi connectivity index (χ4v) is 3.73. The van der Waals surface area contributed by atoms with E-state index in [1.807, 2.05) is 37.4 Å². The second kappa shape index (κ2) is 8.73. The number of ether oxygens (including phenoxy) is 2. The summed E-state index contributed by atoms with van der Waals surface area (Å²) >= 11 is 0. The van der Waals surface area contributed by atoms with Crippen molar-refractivity contribution in [3.05, 3.63) is 36.4 Å². The Morgan fingerprint density at radius 2 is 1.87 bits per heavy atom. The lowest BCUT2D eigenvalue weighted by atomic mass is 10.1. The molecule has 4 rings (SSSR count). The van der Waals surface area contributed by atoms with Gasteiger partial charge in [-0.25, -0.2) is 0 Å². The molecule has 1 saturated heterocycles. The van der Waals surface area contributed by atoms with Crippen LogP contribution in [0.15, 0.2) is 40.8 Å². The highest BCUT2D eigenvalue weighted by atomic mass is 16.5. The van der Waals surface area contributed by atoms with Crippen LogP contribution < -0.4 is 15.0 Å². The monoisotopic (exact) mass is 412 g/mol. The van der Waals surface area contributed by atoms with E-state index in [0.29, 0.717) is 43.3 Å². The number of fused-ring (bicyclic) bond motifs is 3. The number of para-hydroxylation sites is 1. The Bertz CT molecular complexity index is 1070. The molecule has 2 amide bonds. The number of carbonyl (C=O) groups is 2. The SMILES string of the molecule is COc1cc2c(cc1NC(=O)C[NH+](C)CC(=O)N1CCOCC1)oc1ccccc12. The van der Waals surface area contributed by atoms with Crippen LogP contribution in [0.25, 0.3) is 21.9 Å². The molecule has 30 heavy (non-hydrogen) atoms. The zero-order chi connectivity index (χ0) is 21.1. The summed E-state index contributed by atoms with van der Waals surface area (Å²) in [6.07, 6.45) is 0. The number of hydrogen-bond donors (Lipinski definition) is 2. The molecule has 0 aliphatic carbocycles. The first-order chi connectivity index (χ1) is 14.5. The number of furan rings is 1. The van der Waals surface area contributed by atoms with E-state index < -0.39 is 0 Å². The molecule has 0 spiro atoms. The first kappa shape index (κ1) is 20.2. The standard InChI is InChI=1S/C22H25N3O5/c1-24(14-22(27)25-7-9-29-10-8-25)13-21(26)23-17-12-19-16(11-20(17)28-2)15-5-3-4-6-18(15)30-19/h3-6,11-12H,7-10,13-14H2,1-2H3,(H,23,26)/p+1. The zero-order valence-electron chi connectivity index (χ0n) is 17.2. The van der Waals surface area contributed by atoms with Gasteiger partial charge in [-0.15, -0.1) is 0 Å².